The highest BCUT2D eigenvalue weighted by Gasteiger charge is 2.15. The Morgan fingerprint density at radius 3 is 3.00 bits per heavy atom. The summed E-state index contributed by atoms with van der Waals surface area (Å²) >= 11 is 1.44. The molecule has 1 aromatic heterocycles. The van der Waals surface area contributed by atoms with Crippen LogP contribution in [0.2, 0.25) is 0 Å². The fourth-order valence-electron chi connectivity index (χ4n) is 1.84. The second-order valence-electron chi connectivity index (χ2n) is 4.28. The number of fused-ring (bicyclic) bond motifs is 1. The molecule has 1 amide bonds. The second-order valence-corrected chi connectivity index (χ2v) is 5.33. The number of hydrogen-bond acceptors (Lipinski definition) is 3. The molecular formula is C15H16N2OS. The maximum atomic E-state index is 12.1. The van der Waals surface area contributed by atoms with Crippen LogP contribution in [0.4, 0.5) is 5.69 Å². The van der Waals surface area contributed by atoms with Gasteiger partial charge < -0.3 is 11.1 Å². The summed E-state index contributed by atoms with van der Waals surface area (Å²) in [5.74, 6) is 5.59. The first-order valence-corrected chi connectivity index (χ1v) is 6.91. The minimum Gasteiger partial charge on any atom is -0.397 e. The molecule has 0 radical (unpaired) electrons. The van der Waals surface area contributed by atoms with E-state index in [9.17, 15) is 4.79 Å². The lowest BCUT2D eigenvalue weighted by Crippen LogP contribution is -2.24. The van der Waals surface area contributed by atoms with E-state index < -0.39 is 0 Å². The summed E-state index contributed by atoms with van der Waals surface area (Å²) in [7, 11) is 0. The first kappa shape index (κ1) is 13.4. The van der Waals surface area contributed by atoms with Gasteiger partial charge >= 0.3 is 0 Å². The summed E-state index contributed by atoms with van der Waals surface area (Å²) in [4.78, 5) is 12.6. The van der Waals surface area contributed by atoms with Crippen LogP contribution in [-0.2, 0) is 0 Å². The van der Waals surface area contributed by atoms with Crippen molar-refractivity contribution in [1.29, 1.82) is 0 Å². The van der Waals surface area contributed by atoms with Crippen LogP contribution >= 0.6 is 11.3 Å². The van der Waals surface area contributed by atoms with Gasteiger partial charge in [0.25, 0.3) is 5.91 Å². The summed E-state index contributed by atoms with van der Waals surface area (Å²) in [6, 6.07) is 6.02. The molecule has 0 atom stereocenters. The van der Waals surface area contributed by atoms with Crippen LogP contribution < -0.4 is 11.1 Å². The molecule has 0 aliphatic carbocycles. The van der Waals surface area contributed by atoms with Crippen molar-refractivity contribution in [2.45, 2.75) is 20.3 Å². The predicted molar refractivity (Wildman–Crippen MR) is 81.4 cm³/mol. The fourth-order valence-corrected chi connectivity index (χ4v) is 2.97. The van der Waals surface area contributed by atoms with Gasteiger partial charge in [0.15, 0.2) is 0 Å². The Bertz CT molecular complexity index is 676. The zero-order valence-electron chi connectivity index (χ0n) is 11.0. The average Bonchev–Trinajstić information content (AvgIpc) is 2.71. The van der Waals surface area contributed by atoms with E-state index >= 15 is 0 Å². The number of benzene rings is 1. The molecule has 0 spiro atoms. The largest absolute Gasteiger partial charge is 0.397 e. The van der Waals surface area contributed by atoms with Crippen LogP contribution in [-0.4, -0.2) is 12.5 Å². The van der Waals surface area contributed by atoms with E-state index in [0.717, 1.165) is 10.1 Å². The van der Waals surface area contributed by atoms with Crippen LogP contribution in [0.15, 0.2) is 18.2 Å². The summed E-state index contributed by atoms with van der Waals surface area (Å²) in [5.41, 5.74) is 7.78. The highest BCUT2D eigenvalue weighted by atomic mass is 32.1. The normalized spacial score (nSPS) is 10.0. The van der Waals surface area contributed by atoms with Crippen molar-refractivity contribution in [3.8, 4) is 11.8 Å². The number of nitrogens with two attached hydrogens (primary N) is 1. The van der Waals surface area contributed by atoms with Gasteiger partial charge in [0.05, 0.1) is 5.69 Å². The lowest BCUT2D eigenvalue weighted by molar-refractivity contribution is 0.0959. The molecule has 0 fully saturated rings. The summed E-state index contributed by atoms with van der Waals surface area (Å²) in [6.45, 7) is 4.36. The predicted octanol–water partition coefficient (Wildman–Crippen LogP) is 2.94. The third-order valence-electron chi connectivity index (χ3n) is 2.80. The Morgan fingerprint density at radius 2 is 2.26 bits per heavy atom. The number of amides is 1. The van der Waals surface area contributed by atoms with Gasteiger partial charge in [0.2, 0.25) is 0 Å². The summed E-state index contributed by atoms with van der Waals surface area (Å²) < 4.78 is 1.05. The highest BCUT2D eigenvalue weighted by molar-refractivity contribution is 7.21. The van der Waals surface area contributed by atoms with Gasteiger partial charge in [-0.25, -0.2) is 0 Å². The molecular weight excluding hydrogens is 256 g/mol. The molecule has 0 bridgehead atoms. The van der Waals surface area contributed by atoms with Gasteiger partial charge in [0.1, 0.15) is 4.88 Å². The third-order valence-corrected chi connectivity index (χ3v) is 3.97. The first-order chi connectivity index (χ1) is 9.13. The van der Waals surface area contributed by atoms with Crippen molar-refractivity contribution in [2.24, 2.45) is 0 Å². The van der Waals surface area contributed by atoms with E-state index in [1.807, 2.05) is 19.1 Å². The second kappa shape index (κ2) is 5.77. The summed E-state index contributed by atoms with van der Waals surface area (Å²) in [5, 5.41) is 3.79. The van der Waals surface area contributed by atoms with E-state index in [-0.39, 0.29) is 5.91 Å². The number of aryl methyl sites for hydroxylation is 1. The van der Waals surface area contributed by atoms with Crippen LogP contribution in [0.1, 0.15) is 28.6 Å². The minimum atomic E-state index is -0.116. The Balaban J connectivity index is 2.21. The Labute approximate surface area is 116 Å². The average molecular weight is 272 g/mol. The number of carbonyl (C=O) groups excluding carboxylic acids is 1. The molecule has 4 heteroatoms. The topological polar surface area (TPSA) is 55.1 Å². The monoisotopic (exact) mass is 272 g/mol. The lowest BCUT2D eigenvalue weighted by atomic mass is 10.1. The molecule has 0 saturated carbocycles. The van der Waals surface area contributed by atoms with E-state index in [2.05, 4.69) is 23.2 Å². The van der Waals surface area contributed by atoms with Crippen molar-refractivity contribution in [1.82, 2.24) is 5.32 Å². The van der Waals surface area contributed by atoms with E-state index in [4.69, 9.17) is 5.73 Å². The Morgan fingerprint density at radius 1 is 1.47 bits per heavy atom. The molecule has 0 unspecified atom stereocenters. The van der Waals surface area contributed by atoms with E-state index in [1.54, 1.807) is 6.92 Å². The van der Waals surface area contributed by atoms with Gasteiger partial charge in [-0.15, -0.1) is 23.2 Å². The quantitative estimate of drug-likeness (QED) is 0.666. The van der Waals surface area contributed by atoms with Gasteiger partial charge in [-0.05, 0) is 25.5 Å². The minimum absolute atomic E-state index is 0.116. The van der Waals surface area contributed by atoms with Crippen molar-refractivity contribution < 1.29 is 4.79 Å². The van der Waals surface area contributed by atoms with Crippen molar-refractivity contribution in [3.63, 3.8) is 0 Å². The van der Waals surface area contributed by atoms with Gasteiger partial charge in [0, 0.05) is 23.1 Å². The van der Waals surface area contributed by atoms with Crippen LogP contribution in [0.3, 0.4) is 0 Å². The van der Waals surface area contributed by atoms with Crippen molar-refractivity contribution >= 4 is 33.0 Å². The molecule has 2 rings (SSSR count). The molecule has 19 heavy (non-hydrogen) atoms. The van der Waals surface area contributed by atoms with Crippen molar-refractivity contribution in [2.75, 3.05) is 12.3 Å². The molecule has 0 saturated heterocycles. The van der Waals surface area contributed by atoms with Crippen LogP contribution in [0, 0.1) is 18.8 Å². The highest BCUT2D eigenvalue weighted by Crippen LogP contribution is 2.33. The Hall–Kier alpha value is -1.99. The van der Waals surface area contributed by atoms with Crippen LogP contribution in [0.25, 0.3) is 10.1 Å². The SMILES string of the molecule is CC#CCCNC(=O)c1sc2cc(C)ccc2c1N. The molecule has 98 valence electrons. The number of carbonyl (C=O) groups is 1. The van der Waals surface area contributed by atoms with Crippen molar-refractivity contribution in [3.05, 3.63) is 28.6 Å². The zero-order valence-corrected chi connectivity index (χ0v) is 11.9. The molecule has 1 aromatic carbocycles. The maximum absolute atomic E-state index is 12.1. The summed E-state index contributed by atoms with van der Waals surface area (Å²) in [6.07, 6.45) is 0.659. The first-order valence-electron chi connectivity index (χ1n) is 6.10. The van der Waals surface area contributed by atoms with E-state index in [0.29, 0.717) is 23.5 Å². The number of nitrogens with one attached hydrogen (secondary N) is 1. The Kier molecular flexibility index (Phi) is 4.08. The molecule has 1 heterocycles. The zero-order chi connectivity index (χ0) is 13.8. The molecule has 2 aromatic rings. The number of thiophene rings is 1. The maximum Gasteiger partial charge on any atom is 0.263 e. The molecule has 0 aliphatic rings. The standard InChI is InChI=1S/C15H16N2OS/c1-3-4-5-8-17-15(18)14-13(16)11-7-6-10(2)9-12(11)19-14/h6-7,9H,5,8,16H2,1-2H3,(H,17,18). The van der Waals surface area contributed by atoms with E-state index in [1.165, 1.54) is 16.9 Å². The lowest BCUT2D eigenvalue weighted by Gasteiger charge is -2.01. The molecule has 3 nitrogen and oxygen atoms in total. The number of anilines is 1. The molecule has 0 aliphatic heterocycles. The smallest absolute Gasteiger partial charge is 0.263 e. The fraction of sp³-hybridized carbons (Fsp3) is 0.267. The molecule has 3 N–H and O–H groups in total. The van der Waals surface area contributed by atoms with Gasteiger partial charge in [-0.2, -0.15) is 0 Å². The van der Waals surface area contributed by atoms with Gasteiger partial charge in [-0.3, -0.25) is 4.79 Å². The number of nitrogen functional groups attached to an aromatic ring is 1. The van der Waals surface area contributed by atoms with Gasteiger partial charge in [-0.1, -0.05) is 12.1 Å². The number of rotatable bonds is 3. The van der Waals surface area contributed by atoms with Crippen LogP contribution in [0.5, 0.6) is 0 Å². The number of hydrogen-bond donors (Lipinski definition) is 2. The third kappa shape index (κ3) is 2.88.